The van der Waals surface area contributed by atoms with Gasteiger partial charge in [0.1, 0.15) is 5.82 Å². The van der Waals surface area contributed by atoms with Crippen molar-refractivity contribution in [1.82, 2.24) is 20.4 Å². The Morgan fingerprint density at radius 3 is 2.63 bits per heavy atom. The van der Waals surface area contributed by atoms with E-state index in [2.05, 4.69) is 32.5 Å². The van der Waals surface area contributed by atoms with E-state index in [1.807, 2.05) is 24.4 Å². The molecular formula is C24H27FN4O. The molecule has 4 rings (SSSR count). The van der Waals surface area contributed by atoms with Gasteiger partial charge in [-0.1, -0.05) is 36.8 Å². The first-order chi connectivity index (χ1) is 14.7. The molecule has 30 heavy (non-hydrogen) atoms. The van der Waals surface area contributed by atoms with Crippen LogP contribution in [0.5, 0.6) is 0 Å². The highest BCUT2D eigenvalue weighted by Crippen LogP contribution is 2.30. The van der Waals surface area contributed by atoms with Crippen molar-refractivity contribution in [3.05, 3.63) is 77.7 Å². The number of benzene rings is 2. The lowest BCUT2D eigenvalue weighted by molar-refractivity contribution is -0.122. The van der Waals surface area contributed by atoms with E-state index in [4.69, 9.17) is 0 Å². The minimum Gasteiger partial charge on any atom is -0.356 e. The van der Waals surface area contributed by atoms with E-state index in [0.717, 1.165) is 54.7 Å². The molecule has 3 aromatic rings. The van der Waals surface area contributed by atoms with E-state index in [1.165, 1.54) is 12.1 Å². The van der Waals surface area contributed by atoms with Crippen LogP contribution in [0.15, 0.2) is 60.8 Å². The van der Waals surface area contributed by atoms with Gasteiger partial charge in [-0.15, -0.1) is 0 Å². The molecule has 0 bridgehead atoms. The Kier molecular flexibility index (Phi) is 6.54. The summed E-state index contributed by atoms with van der Waals surface area (Å²) < 4.78 is 13.4. The van der Waals surface area contributed by atoms with Gasteiger partial charge in [-0.3, -0.25) is 14.8 Å². The number of hydrogen-bond acceptors (Lipinski definition) is 3. The summed E-state index contributed by atoms with van der Waals surface area (Å²) in [6.07, 6.45) is 5.41. The molecule has 1 fully saturated rings. The first kappa shape index (κ1) is 20.3. The highest BCUT2D eigenvalue weighted by Gasteiger charge is 2.25. The molecule has 1 aliphatic rings. The number of hydrogen-bond donors (Lipinski definition) is 2. The Bertz CT molecular complexity index is 955. The van der Waals surface area contributed by atoms with Crippen LogP contribution in [0.1, 0.15) is 42.9 Å². The smallest absolute Gasteiger partial charge is 0.221 e. The van der Waals surface area contributed by atoms with Crippen LogP contribution in [0.25, 0.3) is 11.3 Å². The number of aromatic amines is 1. The predicted molar refractivity (Wildman–Crippen MR) is 115 cm³/mol. The van der Waals surface area contributed by atoms with Crippen LogP contribution >= 0.6 is 0 Å². The van der Waals surface area contributed by atoms with Crippen LogP contribution in [0, 0.1) is 5.82 Å². The number of nitrogens with one attached hydrogen (secondary N) is 2. The van der Waals surface area contributed by atoms with Crippen molar-refractivity contribution >= 4 is 5.91 Å². The monoisotopic (exact) mass is 406 g/mol. The van der Waals surface area contributed by atoms with Crippen molar-refractivity contribution in [2.75, 3.05) is 13.1 Å². The molecule has 156 valence electrons. The van der Waals surface area contributed by atoms with Gasteiger partial charge < -0.3 is 5.32 Å². The van der Waals surface area contributed by atoms with Gasteiger partial charge in [-0.2, -0.15) is 5.10 Å². The topological polar surface area (TPSA) is 61.0 Å². The fourth-order valence-corrected chi connectivity index (χ4v) is 4.09. The molecule has 1 aliphatic heterocycles. The highest BCUT2D eigenvalue weighted by molar-refractivity contribution is 5.76. The van der Waals surface area contributed by atoms with E-state index < -0.39 is 0 Å². The average molecular weight is 407 g/mol. The summed E-state index contributed by atoms with van der Waals surface area (Å²) in [4.78, 5) is 14.9. The first-order valence-corrected chi connectivity index (χ1v) is 10.5. The second-order valence-electron chi connectivity index (χ2n) is 7.79. The Hall–Kier alpha value is -2.99. The molecule has 2 N–H and O–H groups in total. The van der Waals surface area contributed by atoms with E-state index in [0.29, 0.717) is 13.0 Å². The first-order valence-electron chi connectivity index (χ1n) is 10.5. The Balaban J connectivity index is 1.64. The minimum absolute atomic E-state index is 0.0136. The number of aromatic nitrogens is 2. The summed E-state index contributed by atoms with van der Waals surface area (Å²) in [5.74, 6) is -0.173. The molecule has 5 nitrogen and oxygen atoms in total. The quantitative estimate of drug-likeness (QED) is 0.673. The van der Waals surface area contributed by atoms with Crippen molar-refractivity contribution in [1.29, 1.82) is 0 Å². The van der Waals surface area contributed by atoms with Crippen LogP contribution in [-0.2, 0) is 11.3 Å². The Morgan fingerprint density at radius 2 is 1.83 bits per heavy atom. The molecule has 1 unspecified atom stereocenters. The molecule has 6 heteroatoms. The van der Waals surface area contributed by atoms with Crippen LogP contribution in [0.4, 0.5) is 4.39 Å². The maximum Gasteiger partial charge on any atom is 0.221 e. The summed E-state index contributed by atoms with van der Waals surface area (Å²) in [5, 5.41) is 10.4. The third-order valence-corrected chi connectivity index (χ3v) is 5.67. The largest absolute Gasteiger partial charge is 0.356 e. The molecule has 0 radical (unpaired) electrons. The number of carbonyl (C=O) groups is 1. The zero-order chi connectivity index (χ0) is 20.8. The molecule has 1 saturated heterocycles. The third-order valence-electron chi connectivity index (χ3n) is 5.67. The lowest BCUT2D eigenvalue weighted by atomic mass is 9.99. The molecule has 0 spiro atoms. The number of halogens is 1. The summed E-state index contributed by atoms with van der Waals surface area (Å²) in [6, 6.07) is 16.6. The lowest BCUT2D eigenvalue weighted by Crippen LogP contribution is -2.36. The van der Waals surface area contributed by atoms with Crippen molar-refractivity contribution in [3.8, 4) is 11.3 Å². The molecule has 0 saturated carbocycles. The van der Waals surface area contributed by atoms with Crippen molar-refractivity contribution in [2.45, 2.75) is 38.3 Å². The van der Waals surface area contributed by atoms with Gasteiger partial charge in [0.15, 0.2) is 0 Å². The van der Waals surface area contributed by atoms with E-state index in [9.17, 15) is 9.18 Å². The number of nitrogens with zero attached hydrogens (tertiary/aromatic N) is 2. The highest BCUT2D eigenvalue weighted by atomic mass is 19.1. The maximum atomic E-state index is 13.4. The van der Waals surface area contributed by atoms with Crippen LogP contribution in [-0.4, -0.2) is 34.1 Å². The molecule has 1 aromatic heterocycles. The standard InChI is InChI=1S/C24H27FN4O/c25-21-11-9-19(10-12-21)24-20(16-27-28-24)17-29-14-6-2-5-13-26-23(30)15-22(29)18-7-3-1-4-8-18/h1,3-4,7-12,16,22H,2,5-6,13-15,17H2,(H,26,30)(H,27,28). The fraction of sp³-hybridized carbons (Fsp3) is 0.333. The van der Waals surface area contributed by atoms with Crippen molar-refractivity contribution in [3.63, 3.8) is 0 Å². The summed E-state index contributed by atoms with van der Waals surface area (Å²) in [7, 11) is 0. The van der Waals surface area contributed by atoms with E-state index in [-0.39, 0.29) is 17.8 Å². The number of H-pyrrole nitrogens is 1. The molecule has 0 aliphatic carbocycles. The number of carbonyl (C=O) groups excluding carboxylic acids is 1. The second-order valence-corrected chi connectivity index (χ2v) is 7.79. The van der Waals surface area contributed by atoms with Crippen LogP contribution in [0.3, 0.4) is 0 Å². The average Bonchev–Trinajstić information content (AvgIpc) is 3.23. The summed E-state index contributed by atoms with van der Waals surface area (Å²) in [6.45, 7) is 2.31. The minimum atomic E-state index is -0.258. The molecule has 2 aromatic carbocycles. The number of amides is 1. The van der Waals surface area contributed by atoms with Crippen LogP contribution in [0.2, 0.25) is 0 Å². The Morgan fingerprint density at radius 1 is 1.03 bits per heavy atom. The van der Waals surface area contributed by atoms with Crippen LogP contribution < -0.4 is 5.32 Å². The van der Waals surface area contributed by atoms with Gasteiger partial charge in [0.2, 0.25) is 5.91 Å². The number of rotatable bonds is 4. The SMILES string of the molecule is O=C1CC(c2ccccc2)N(Cc2cn[nH]c2-c2ccc(F)cc2)CCCCCN1. The summed E-state index contributed by atoms with van der Waals surface area (Å²) in [5.41, 5.74) is 3.97. The van der Waals surface area contributed by atoms with Gasteiger partial charge in [-0.25, -0.2) is 4.39 Å². The van der Waals surface area contributed by atoms with E-state index >= 15 is 0 Å². The maximum absolute atomic E-state index is 13.4. The third kappa shape index (κ3) is 4.94. The zero-order valence-electron chi connectivity index (χ0n) is 17.0. The zero-order valence-corrected chi connectivity index (χ0v) is 17.0. The van der Waals surface area contributed by atoms with E-state index in [1.54, 1.807) is 12.1 Å². The second kappa shape index (κ2) is 9.67. The molecule has 1 atom stereocenters. The molecule has 1 amide bonds. The van der Waals surface area contributed by atoms with Crippen molar-refractivity contribution in [2.24, 2.45) is 0 Å². The Labute approximate surface area is 176 Å². The fourth-order valence-electron chi connectivity index (χ4n) is 4.09. The van der Waals surface area contributed by atoms with Gasteiger partial charge in [0.05, 0.1) is 11.9 Å². The van der Waals surface area contributed by atoms with Gasteiger partial charge >= 0.3 is 0 Å². The summed E-state index contributed by atoms with van der Waals surface area (Å²) >= 11 is 0. The van der Waals surface area contributed by atoms with Crippen molar-refractivity contribution < 1.29 is 9.18 Å². The predicted octanol–water partition coefficient (Wildman–Crippen LogP) is 4.45. The van der Waals surface area contributed by atoms with Gasteiger partial charge in [0, 0.05) is 36.7 Å². The molecule has 2 heterocycles. The van der Waals surface area contributed by atoms with Gasteiger partial charge in [0.25, 0.3) is 0 Å². The lowest BCUT2D eigenvalue weighted by Gasteiger charge is -2.32. The van der Waals surface area contributed by atoms with Gasteiger partial charge in [-0.05, 0) is 49.2 Å². The normalized spacial score (nSPS) is 18.7. The molecular weight excluding hydrogens is 379 g/mol.